The topological polar surface area (TPSA) is 79.4 Å². The Morgan fingerprint density at radius 2 is 2.00 bits per heavy atom. The number of benzene rings is 1. The molecule has 0 radical (unpaired) electrons. The molecule has 2 aromatic rings. The Kier molecular flexibility index (Phi) is 6.46. The Morgan fingerprint density at radius 3 is 2.70 bits per heavy atom. The van der Waals surface area contributed by atoms with Gasteiger partial charge < -0.3 is 20.3 Å². The molecule has 1 aromatic carbocycles. The zero-order chi connectivity index (χ0) is 19.1. The normalized spacial score (nSPS) is 15.9. The second kappa shape index (κ2) is 9.21. The van der Waals surface area contributed by atoms with Gasteiger partial charge in [0.15, 0.2) is 0 Å². The van der Waals surface area contributed by atoms with E-state index in [-0.39, 0.29) is 18.2 Å². The van der Waals surface area contributed by atoms with E-state index in [9.17, 15) is 4.79 Å². The van der Waals surface area contributed by atoms with Crippen LogP contribution < -0.4 is 10.6 Å². The van der Waals surface area contributed by atoms with E-state index in [1.54, 1.807) is 11.1 Å². The van der Waals surface area contributed by atoms with Crippen molar-refractivity contribution < 1.29 is 9.53 Å². The summed E-state index contributed by atoms with van der Waals surface area (Å²) in [6.45, 7) is 5.71. The van der Waals surface area contributed by atoms with Gasteiger partial charge in [-0.05, 0) is 38.3 Å². The number of nitrogens with one attached hydrogen (secondary N) is 2. The Morgan fingerprint density at radius 1 is 1.26 bits per heavy atom. The number of piperidine rings is 1. The molecular formula is C20H27N5O2. The molecule has 1 amide bonds. The third-order valence-corrected chi connectivity index (χ3v) is 4.67. The summed E-state index contributed by atoms with van der Waals surface area (Å²) in [5.41, 5.74) is 1.19. The summed E-state index contributed by atoms with van der Waals surface area (Å²) in [5, 5.41) is 6.80. The standard InChI is InChI=1S/C20H27N5O2/c1-3-27-20(26)25-13-10-17(11-14-25)23-18-9-12-21-19(24-18)22-15(2)16-7-5-4-6-8-16/h4-9,12,15,17H,3,10-11,13-14H2,1-2H3,(H2,21,22,23,24). The molecule has 1 aliphatic rings. The largest absolute Gasteiger partial charge is 0.450 e. The predicted octanol–water partition coefficient (Wildman–Crippen LogP) is 3.68. The van der Waals surface area contributed by atoms with E-state index >= 15 is 0 Å². The van der Waals surface area contributed by atoms with Crippen LogP contribution in [-0.4, -0.2) is 46.7 Å². The lowest BCUT2D eigenvalue weighted by molar-refractivity contribution is 0.0983. The molecule has 1 aromatic heterocycles. The Bertz CT molecular complexity index is 732. The fourth-order valence-corrected chi connectivity index (χ4v) is 3.16. The monoisotopic (exact) mass is 369 g/mol. The van der Waals surface area contributed by atoms with Crippen LogP contribution in [0.1, 0.15) is 38.3 Å². The fourth-order valence-electron chi connectivity index (χ4n) is 3.16. The molecule has 0 spiro atoms. The molecule has 0 aliphatic carbocycles. The molecule has 27 heavy (non-hydrogen) atoms. The van der Waals surface area contributed by atoms with Gasteiger partial charge in [-0.2, -0.15) is 4.98 Å². The van der Waals surface area contributed by atoms with Crippen LogP contribution in [0, 0.1) is 0 Å². The third-order valence-electron chi connectivity index (χ3n) is 4.67. The number of likely N-dealkylation sites (tertiary alicyclic amines) is 1. The molecule has 7 nitrogen and oxygen atoms in total. The van der Waals surface area contributed by atoms with E-state index in [0.29, 0.717) is 25.6 Å². The van der Waals surface area contributed by atoms with E-state index in [1.807, 2.05) is 31.2 Å². The van der Waals surface area contributed by atoms with Crippen LogP contribution in [0.3, 0.4) is 0 Å². The van der Waals surface area contributed by atoms with Crippen LogP contribution in [0.4, 0.5) is 16.6 Å². The Balaban J connectivity index is 1.53. The van der Waals surface area contributed by atoms with Crippen LogP contribution >= 0.6 is 0 Å². The number of aromatic nitrogens is 2. The minimum atomic E-state index is -0.223. The molecule has 1 saturated heterocycles. The molecule has 1 atom stereocenters. The first kappa shape index (κ1) is 18.9. The van der Waals surface area contributed by atoms with E-state index < -0.39 is 0 Å². The maximum absolute atomic E-state index is 11.8. The number of carbonyl (C=O) groups is 1. The summed E-state index contributed by atoms with van der Waals surface area (Å²) in [7, 11) is 0. The highest BCUT2D eigenvalue weighted by Crippen LogP contribution is 2.19. The molecule has 2 heterocycles. The first-order chi connectivity index (χ1) is 13.2. The number of anilines is 2. The lowest BCUT2D eigenvalue weighted by Gasteiger charge is -2.31. The predicted molar refractivity (Wildman–Crippen MR) is 106 cm³/mol. The van der Waals surface area contributed by atoms with Crippen molar-refractivity contribution in [1.29, 1.82) is 0 Å². The van der Waals surface area contributed by atoms with E-state index in [2.05, 4.69) is 39.7 Å². The van der Waals surface area contributed by atoms with Gasteiger partial charge in [0.1, 0.15) is 5.82 Å². The van der Waals surface area contributed by atoms with Crippen LogP contribution in [0.25, 0.3) is 0 Å². The maximum Gasteiger partial charge on any atom is 0.409 e. The van der Waals surface area contributed by atoms with Crippen molar-refractivity contribution in [1.82, 2.24) is 14.9 Å². The number of amides is 1. The minimum absolute atomic E-state index is 0.120. The number of nitrogens with zero attached hydrogens (tertiary/aromatic N) is 3. The molecule has 144 valence electrons. The summed E-state index contributed by atoms with van der Waals surface area (Å²) < 4.78 is 5.06. The zero-order valence-electron chi connectivity index (χ0n) is 15.9. The van der Waals surface area contributed by atoms with Gasteiger partial charge in [0.2, 0.25) is 5.95 Å². The third kappa shape index (κ3) is 5.32. The number of carbonyl (C=O) groups excluding carboxylic acids is 1. The molecule has 0 bridgehead atoms. The number of hydrogen-bond donors (Lipinski definition) is 2. The molecule has 2 N–H and O–H groups in total. The van der Waals surface area contributed by atoms with Crippen molar-refractivity contribution in [3.63, 3.8) is 0 Å². The lowest BCUT2D eigenvalue weighted by Crippen LogP contribution is -2.42. The van der Waals surface area contributed by atoms with Crippen molar-refractivity contribution in [3.05, 3.63) is 48.2 Å². The van der Waals surface area contributed by atoms with Crippen LogP contribution in [-0.2, 0) is 4.74 Å². The van der Waals surface area contributed by atoms with Gasteiger partial charge in [-0.1, -0.05) is 30.3 Å². The molecule has 1 aliphatic heterocycles. The average molecular weight is 369 g/mol. The van der Waals surface area contributed by atoms with Crippen LogP contribution in [0.2, 0.25) is 0 Å². The zero-order valence-corrected chi connectivity index (χ0v) is 15.9. The highest BCUT2D eigenvalue weighted by atomic mass is 16.6. The first-order valence-corrected chi connectivity index (χ1v) is 9.48. The average Bonchev–Trinajstić information content (AvgIpc) is 2.70. The van der Waals surface area contributed by atoms with Gasteiger partial charge in [-0.3, -0.25) is 0 Å². The summed E-state index contributed by atoms with van der Waals surface area (Å²) in [4.78, 5) is 22.4. The molecular weight excluding hydrogens is 342 g/mol. The van der Waals surface area contributed by atoms with Crippen molar-refractivity contribution in [2.45, 2.75) is 38.8 Å². The SMILES string of the molecule is CCOC(=O)N1CCC(Nc2ccnc(NC(C)c3ccccc3)n2)CC1. The quantitative estimate of drug-likeness (QED) is 0.809. The molecule has 1 fully saturated rings. The number of rotatable bonds is 6. The van der Waals surface area contributed by atoms with Gasteiger partial charge in [-0.15, -0.1) is 0 Å². The molecule has 7 heteroatoms. The van der Waals surface area contributed by atoms with Crippen molar-refractivity contribution in [3.8, 4) is 0 Å². The summed E-state index contributed by atoms with van der Waals surface area (Å²) >= 11 is 0. The lowest BCUT2D eigenvalue weighted by atomic mass is 10.1. The van der Waals surface area contributed by atoms with Gasteiger partial charge in [-0.25, -0.2) is 9.78 Å². The highest BCUT2D eigenvalue weighted by molar-refractivity contribution is 5.67. The summed E-state index contributed by atoms with van der Waals surface area (Å²) in [6, 6.07) is 12.5. The molecule has 1 unspecified atom stereocenters. The summed E-state index contributed by atoms with van der Waals surface area (Å²) in [6.07, 6.45) is 3.26. The smallest absolute Gasteiger partial charge is 0.409 e. The first-order valence-electron chi connectivity index (χ1n) is 9.48. The number of ether oxygens (including phenoxy) is 1. The fraction of sp³-hybridized carbons (Fsp3) is 0.450. The maximum atomic E-state index is 11.8. The van der Waals surface area contributed by atoms with Crippen molar-refractivity contribution >= 4 is 17.9 Å². The van der Waals surface area contributed by atoms with Gasteiger partial charge >= 0.3 is 6.09 Å². The molecule has 0 saturated carbocycles. The van der Waals surface area contributed by atoms with Gasteiger partial charge in [0, 0.05) is 25.3 Å². The van der Waals surface area contributed by atoms with E-state index in [0.717, 1.165) is 18.7 Å². The van der Waals surface area contributed by atoms with E-state index in [1.165, 1.54) is 5.56 Å². The second-order valence-electron chi connectivity index (χ2n) is 6.65. The Labute approximate surface area is 160 Å². The highest BCUT2D eigenvalue weighted by Gasteiger charge is 2.23. The van der Waals surface area contributed by atoms with Crippen molar-refractivity contribution in [2.24, 2.45) is 0 Å². The number of hydrogen-bond acceptors (Lipinski definition) is 6. The minimum Gasteiger partial charge on any atom is -0.450 e. The van der Waals surface area contributed by atoms with Crippen LogP contribution in [0.15, 0.2) is 42.6 Å². The second-order valence-corrected chi connectivity index (χ2v) is 6.65. The van der Waals surface area contributed by atoms with E-state index in [4.69, 9.17) is 4.74 Å². The molecule has 3 rings (SSSR count). The van der Waals surface area contributed by atoms with Crippen molar-refractivity contribution in [2.75, 3.05) is 30.3 Å². The summed E-state index contributed by atoms with van der Waals surface area (Å²) in [5.74, 6) is 1.39. The van der Waals surface area contributed by atoms with Crippen LogP contribution in [0.5, 0.6) is 0 Å². The Hall–Kier alpha value is -2.83. The van der Waals surface area contributed by atoms with Gasteiger partial charge in [0.25, 0.3) is 0 Å². The van der Waals surface area contributed by atoms with Gasteiger partial charge in [0.05, 0.1) is 12.6 Å².